The molecule has 1 atom stereocenters. The standard InChI is InChI=1S/C16H22FN7.HI/c1-18-16(20-8-11-24-9-3-7-21-24)22-13-5-10-23(12-13)15-14(17)4-2-6-19-15;/h2-4,6-7,9,13H,5,8,10-12H2,1H3,(H2,18,20,22);1H. The largest absolute Gasteiger partial charge is 0.355 e. The van der Waals surface area contributed by atoms with Crippen molar-refractivity contribution in [1.29, 1.82) is 0 Å². The Hall–Kier alpha value is -1.91. The number of halogens is 2. The van der Waals surface area contributed by atoms with E-state index in [0.29, 0.717) is 12.4 Å². The Morgan fingerprint density at radius 2 is 2.28 bits per heavy atom. The molecule has 2 N–H and O–H groups in total. The van der Waals surface area contributed by atoms with E-state index in [1.54, 1.807) is 25.5 Å². The van der Waals surface area contributed by atoms with E-state index in [1.165, 1.54) is 6.07 Å². The number of hydrogen-bond acceptors (Lipinski definition) is 4. The fourth-order valence-electron chi connectivity index (χ4n) is 2.79. The van der Waals surface area contributed by atoms with Crippen molar-refractivity contribution >= 4 is 35.8 Å². The summed E-state index contributed by atoms with van der Waals surface area (Å²) in [6.07, 6.45) is 6.22. The lowest BCUT2D eigenvalue weighted by Crippen LogP contribution is -2.45. The van der Waals surface area contributed by atoms with Gasteiger partial charge in [0, 0.05) is 51.3 Å². The van der Waals surface area contributed by atoms with Gasteiger partial charge in [0.1, 0.15) is 0 Å². The lowest BCUT2D eigenvalue weighted by atomic mass is 10.3. The molecule has 0 saturated carbocycles. The molecule has 1 aliphatic rings. The minimum Gasteiger partial charge on any atom is -0.355 e. The van der Waals surface area contributed by atoms with Crippen molar-refractivity contribution in [2.45, 2.75) is 19.0 Å². The SMILES string of the molecule is CN=C(NCCn1cccn1)NC1CCN(c2ncccc2F)C1.I. The minimum absolute atomic E-state index is 0. The number of nitrogens with zero attached hydrogens (tertiary/aromatic N) is 5. The first-order valence-corrected chi connectivity index (χ1v) is 8.06. The predicted octanol–water partition coefficient (Wildman–Crippen LogP) is 1.48. The smallest absolute Gasteiger partial charge is 0.191 e. The molecule has 136 valence electrons. The van der Waals surface area contributed by atoms with Crippen molar-refractivity contribution in [3.05, 3.63) is 42.6 Å². The number of guanidine groups is 1. The molecule has 9 heteroatoms. The number of nitrogens with one attached hydrogen (secondary N) is 2. The lowest BCUT2D eigenvalue weighted by Gasteiger charge is -2.20. The highest BCUT2D eigenvalue weighted by molar-refractivity contribution is 14.0. The van der Waals surface area contributed by atoms with Gasteiger partial charge in [-0.05, 0) is 24.6 Å². The van der Waals surface area contributed by atoms with E-state index in [9.17, 15) is 4.39 Å². The van der Waals surface area contributed by atoms with Gasteiger partial charge >= 0.3 is 0 Å². The van der Waals surface area contributed by atoms with Gasteiger partial charge in [-0.3, -0.25) is 9.67 Å². The highest BCUT2D eigenvalue weighted by atomic mass is 127. The third-order valence-corrected chi connectivity index (χ3v) is 3.98. The van der Waals surface area contributed by atoms with Gasteiger partial charge in [-0.25, -0.2) is 9.37 Å². The molecule has 1 saturated heterocycles. The maximum absolute atomic E-state index is 13.8. The van der Waals surface area contributed by atoms with Crippen LogP contribution in [0.5, 0.6) is 0 Å². The molecule has 1 unspecified atom stereocenters. The van der Waals surface area contributed by atoms with Gasteiger partial charge in [0.25, 0.3) is 0 Å². The molecule has 2 aromatic heterocycles. The first-order chi connectivity index (χ1) is 11.8. The van der Waals surface area contributed by atoms with Crippen molar-refractivity contribution in [1.82, 2.24) is 25.4 Å². The summed E-state index contributed by atoms with van der Waals surface area (Å²) in [7, 11) is 1.74. The molecule has 3 heterocycles. The Bertz CT molecular complexity index is 677. The Labute approximate surface area is 163 Å². The maximum atomic E-state index is 13.8. The van der Waals surface area contributed by atoms with Crippen LogP contribution in [0.25, 0.3) is 0 Å². The topological polar surface area (TPSA) is 70.4 Å². The summed E-state index contributed by atoms with van der Waals surface area (Å²) in [5.74, 6) is 0.888. The highest BCUT2D eigenvalue weighted by Gasteiger charge is 2.25. The lowest BCUT2D eigenvalue weighted by molar-refractivity contribution is 0.586. The number of anilines is 1. The third kappa shape index (κ3) is 5.28. The Kier molecular flexibility index (Phi) is 7.41. The second-order valence-corrected chi connectivity index (χ2v) is 5.65. The molecule has 0 radical (unpaired) electrons. The zero-order valence-corrected chi connectivity index (χ0v) is 16.4. The molecule has 25 heavy (non-hydrogen) atoms. The summed E-state index contributed by atoms with van der Waals surface area (Å²) >= 11 is 0. The Morgan fingerprint density at radius 3 is 3.00 bits per heavy atom. The van der Waals surface area contributed by atoms with E-state index in [4.69, 9.17) is 0 Å². The van der Waals surface area contributed by atoms with Crippen molar-refractivity contribution < 1.29 is 4.39 Å². The van der Waals surface area contributed by atoms with Crippen molar-refractivity contribution in [3.8, 4) is 0 Å². The van der Waals surface area contributed by atoms with Crippen LogP contribution in [0.15, 0.2) is 41.8 Å². The van der Waals surface area contributed by atoms with Gasteiger partial charge in [-0.15, -0.1) is 24.0 Å². The zero-order chi connectivity index (χ0) is 16.8. The van der Waals surface area contributed by atoms with E-state index in [-0.39, 0.29) is 35.8 Å². The normalized spacial score (nSPS) is 17.3. The minimum atomic E-state index is -0.278. The molecule has 7 nitrogen and oxygen atoms in total. The van der Waals surface area contributed by atoms with E-state index in [2.05, 4.69) is 25.7 Å². The van der Waals surface area contributed by atoms with Gasteiger partial charge in [-0.1, -0.05) is 0 Å². The second-order valence-electron chi connectivity index (χ2n) is 5.65. The van der Waals surface area contributed by atoms with Crippen LogP contribution < -0.4 is 15.5 Å². The van der Waals surface area contributed by atoms with Crippen LogP contribution in [-0.2, 0) is 6.54 Å². The molecule has 1 fully saturated rings. The average Bonchev–Trinajstić information content (AvgIpc) is 3.26. The quantitative estimate of drug-likeness (QED) is 0.403. The molecule has 2 aromatic rings. The number of aliphatic imine (C=N–C) groups is 1. The Morgan fingerprint density at radius 1 is 1.40 bits per heavy atom. The molecule has 0 aromatic carbocycles. The number of hydrogen-bond donors (Lipinski definition) is 2. The van der Waals surface area contributed by atoms with Crippen molar-refractivity contribution in [2.24, 2.45) is 4.99 Å². The fraction of sp³-hybridized carbons (Fsp3) is 0.438. The predicted molar refractivity (Wildman–Crippen MR) is 107 cm³/mol. The molecule has 0 aliphatic carbocycles. The average molecular weight is 459 g/mol. The number of aromatic nitrogens is 3. The van der Waals surface area contributed by atoms with Crippen LogP contribution in [0.1, 0.15) is 6.42 Å². The van der Waals surface area contributed by atoms with E-state index in [1.807, 2.05) is 21.8 Å². The van der Waals surface area contributed by atoms with Crippen LogP contribution in [0.4, 0.5) is 10.2 Å². The zero-order valence-electron chi connectivity index (χ0n) is 14.1. The summed E-state index contributed by atoms with van der Waals surface area (Å²) in [4.78, 5) is 10.3. The molecule has 0 amide bonds. The summed E-state index contributed by atoms with van der Waals surface area (Å²) < 4.78 is 15.7. The van der Waals surface area contributed by atoms with Gasteiger partial charge in [-0.2, -0.15) is 5.10 Å². The first kappa shape index (κ1) is 19.4. The summed E-state index contributed by atoms with van der Waals surface area (Å²) in [5, 5.41) is 10.8. The first-order valence-electron chi connectivity index (χ1n) is 8.06. The molecule has 1 aliphatic heterocycles. The number of rotatable bonds is 5. The third-order valence-electron chi connectivity index (χ3n) is 3.98. The summed E-state index contributed by atoms with van der Waals surface area (Å²) in [6, 6.07) is 5.16. The van der Waals surface area contributed by atoms with E-state index < -0.39 is 0 Å². The molecular formula is C16H23FIN7. The Balaban J connectivity index is 0.00000225. The van der Waals surface area contributed by atoms with Gasteiger partial charge in [0.15, 0.2) is 17.6 Å². The van der Waals surface area contributed by atoms with Crippen molar-refractivity contribution in [2.75, 3.05) is 31.6 Å². The van der Waals surface area contributed by atoms with E-state index >= 15 is 0 Å². The monoisotopic (exact) mass is 459 g/mol. The van der Waals surface area contributed by atoms with Gasteiger partial charge in [0.2, 0.25) is 0 Å². The molecule has 3 rings (SSSR count). The van der Waals surface area contributed by atoms with Gasteiger partial charge < -0.3 is 15.5 Å². The highest BCUT2D eigenvalue weighted by Crippen LogP contribution is 2.20. The van der Waals surface area contributed by atoms with Crippen molar-refractivity contribution in [3.63, 3.8) is 0 Å². The second kappa shape index (κ2) is 9.54. The van der Waals surface area contributed by atoms with Crippen LogP contribution in [0, 0.1) is 5.82 Å². The van der Waals surface area contributed by atoms with Crippen LogP contribution in [0.3, 0.4) is 0 Å². The van der Waals surface area contributed by atoms with Gasteiger partial charge in [0.05, 0.1) is 6.54 Å². The van der Waals surface area contributed by atoms with E-state index in [0.717, 1.165) is 32.0 Å². The fourth-order valence-corrected chi connectivity index (χ4v) is 2.79. The summed E-state index contributed by atoms with van der Waals surface area (Å²) in [5.41, 5.74) is 0. The van der Waals surface area contributed by atoms with Crippen LogP contribution >= 0.6 is 24.0 Å². The molecular weight excluding hydrogens is 436 g/mol. The summed E-state index contributed by atoms with van der Waals surface area (Å²) in [6.45, 7) is 2.97. The van der Waals surface area contributed by atoms with Crippen LogP contribution in [-0.4, -0.2) is 53.4 Å². The molecule has 0 spiro atoms. The molecule has 0 bridgehead atoms. The maximum Gasteiger partial charge on any atom is 0.191 e. The van der Waals surface area contributed by atoms with Crippen LogP contribution in [0.2, 0.25) is 0 Å². The number of pyridine rings is 1.